The van der Waals surface area contributed by atoms with Gasteiger partial charge in [-0.15, -0.1) is 0 Å². The molecule has 0 bridgehead atoms. The summed E-state index contributed by atoms with van der Waals surface area (Å²) in [6.45, 7) is 4.60. The van der Waals surface area contributed by atoms with Crippen LogP contribution in [0.5, 0.6) is 0 Å². The van der Waals surface area contributed by atoms with Crippen LogP contribution in [0.3, 0.4) is 0 Å². The van der Waals surface area contributed by atoms with Gasteiger partial charge in [0.1, 0.15) is 0 Å². The fourth-order valence-electron chi connectivity index (χ4n) is 2.37. The van der Waals surface area contributed by atoms with Gasteiger partial charge in [-0.25, -0.2) is 0 Å². The summed E-state index contributed by atoms with van der Waals surface area (Å²) >= 11 is 7.75. The number of rotatable bonds is 6. The summed E-state index contributed by atoms with van der Waals surface area (Å²) in [7, 11) is -3.94. The van der Waals surface area contributed by atoms with Gasteiger partial charge in [-0.05, 0) is 49.6 Å². The minimum Gasteiger partial charge on any atom is -0.335 e. The van der Waals surface area contributed by atoms with Gasteiger partial charge in [0.25, 0.3) is 10.1 Å². The molecule has 0 amide bonds. The van der Waals surface area contributed by atoms with Crippen molar-refractivity contribution in [2.75, 3.05) is 17.2 Å². The van der Waals surface area contributed by atoms with Crippen molar-refractivity contribution >= 4 is 39.2 Å². The smallest absolute Gasteiger partial charge is 0.264 e. The minimum atomic E-state index is -3.94. The van der Waals surface area contributed by atoms with Crippen molar-refractivity contribution in [3.8, 4) is 0 Å². The maximum absolute atomic E-state index is 10.9. The van der Waals surface area contributed by atoms with Crippen molar-refractivity contribution in [2.24, 2.45) is 0 Å². The summed E-state index contributed by atoms with van der Waals surface area (Å²) in [6.07, 6.45) is 5.46. The van der Waals surface area contributed by atoms with Gasteiger partial charge in [0.15, 0.2) is 0 Å². The summed E-state index contributed by atoms with van der Waals surface area (Å²) in [5.74, 6) is -0.248. The summed E-state index contributed by atoms with van der Waals surface area (Å²) < 4.78 is 30.8. The van der Waals surface area contributed by atoms with Crippen LogP contribution in [0.25, 0.3) is 0 Å². The highest BCUT2D eigenvalue weighted by Gasteiger charge is 2.25. The first-order chi connectivity index (χ1) is 10.8. The van der Waals surface area contributed by atoms with Crippen LogP contribution in [0.1, 0.15) is 26.7 Å². The lowest BCUT2D eigenvalue weighted by Gasteiger charge is -2.20. The molecule has 126 valence electrons. The van der Waals surface area contributed by atoms with E-state index in [0.717, 1.165) is 22.0 Å². The van der Waals surface area contributed by atoms with E-state index < -0.39 is 10.1 Å². The van der Waals surface area contributed by atoms with Crippen molar-refractivity contribution in [3.05, 3.63) is 46.0 Å². The lowest BCUT2D eigenvalue weighted by molar-refractivity contribution is 0.481. The number of anilines is 1. The molecule has 0 aromatic heterocycles. The van der Waals surface area contributed by atoms with Gasteiger partial charge in [0, 0.05) is 16.5 Å². The molecule has 0 spiro atoms. The minimum absolute atomic E-state index is 0.248. The number of nitrogens with zero attached hydrogens (tertiary/aromatic N) is 1. The molecule has 4 nitrogen and oxygen atoms in total. The summed E-state index contributed by atoms with van der Waals surface area (Å²) in [5.41, 5.74) is 2.20. The second-order valence-corrected chi connectivity index (χ2v) is 8.28. The molecule has 1 aromatic carbocycles. The van der Waals surface area contributed by atoms with Crippen molar-refractivity contribution in [3.63, 3.8) is 0 Å². The highest BCUT2D eigenvalue weighted by atomic mass is 35.5. The van der Waals surface area contributed by atoms with Gasteiger partial charge in [0.2, 0.25) is 0 Å². The van der Waals surface area contributed by atoms with E-state index in [1.807, 2.05) is 25.1 Å². The average molecular weight is 374 g/mol. The zero-order chi connectivity index (χ0) is 17.0. The predicted octanol–water partition coefficient (Wildman–Crippen LogP) is 4.73. The van der Waals surface area contributed by atoms with Crippen molar-refractivity contribution in [1.29, 1.82) is 0 Å². The Bertz CT molecular complexity index is 742. The van der Waals surface area contributed by atoms with Gasteiger partial charge in [-0.1, -0.05) is 36.4 Å². The van der Waals surface area contributed by atoms with Crippen LogP contribution < -0.4 is 4.90 Å². The van der Waals surface area contributed by atoms with Crippen molar-refractivity contribution in [2.45, 2.75) is 31.6 Å². The standard InChI is InChI=1S/C16H20ClNO3S2/c1-3-12(4-2)10-16-18(8-5-9-23(19,20)21)14-11-13(17)6-7-15(14)22-16/h3,6-7,10-11H,4-5,8-9H2,1-2H3,(H,19,20,21). The average Bonchev–Trinajstić information content (AvgIpc) is 2.81. The van der Waals surface area contributed by atoms with E-state index in [1.54, 1.807) is 11.8 Å². The van der Waals surface area contributed by atoms with Gasteiger partial charge in [-0.2, -0.15) is 8.42 Å². The molecule has 1 N–H and O–H groups in total. The predicted molar refractivity (Wildman–Crippen MR) is 97.8 cm³/mol. The molecule has 1 aromatic rings. The van der Waals surface area contributed by atoms with Crippen LogP contribution in [0.2, 0.25) is 5.02 Å². The molecule has 0 atom stereocenters. The molecule has 0 fully saturated rings. The first-order valence-corrected chi connectivity index (χ1v) is 10.2. The topological polar surface area (TPSA) is 57.6 Å². The molecule has 0 saturated heterocycles. The van der Waals surface area contributed by atoms with E-state index in [2.05, 4.69) is 24.0 Å². The highest BCUT2D eigenvalue weighted by molar-refractivity contribution is 8.03. The largest absolute Gasteiger partial charge is 0.335 e. The third kappa shape index (κ3) is 5.01. The lowest BCUT2D eigenvalue weighted by atomic mass is 10.2. The molecule has 0 unspecified atom stereocenters. The molecular weight excluding hydrogens is 354 g/mol. The van der Waals surface area contributed by atoms with Crippen LogP contribution in [-0.2, 0) is 10.1 Å². The first kappa shape index (κ1) is 18.4. The molecule has 2 rings (SSSR count). The van der Waals surface area contributed by atoms with Crippen LogP contribution in [-0.4, -0.2) is 25.3 Å². The normalized spacial score (nSPS) is 17.0. The SMILES string of the molecule is CC=C(C=C1Sc2ccc(Cl)cc2N1CCCS(=O)(=O)O)CC. The van der Waals surface area contributed by atoms with Gasteiger partial charge >= 0.3 is 0 Å². The Morgan fingerprint density at radius 2 is 2.17 bits per heavy atom. The molecule has 1 aliphatic rings. The lowest BCUT2D eigenvalue weighted by Crippen LogP contribution is -2.21. The monoisotopic (exact) mass is 373 g/mol. The maximum atomic E-state index is 10.9. The molecule has 7 heteroatoms. The molecule has 1 aliphatic heterocycles. The summed E-state index contributed by atoms with van der Waals surface area (Å²) in [6, 6.07) is 5.71. The highest BCUT2D eigenvalue weighted by Crippen LogP contribution is 2.47. The zero-order valence-electron chi connectivity index (χ0n) is 13.1. The van der Waals surface area contributed by atoms with E-state index in [0.29, 0.717) is 18.0 Å². The number of allylic oxidation sites excluding steroid dienone is 3. The van der Waals surface area contributed by atoms with Crippen LogP contribution >= 0.6 is 23.4 Å². The third-order valence-corrected chi connectivity index (χ3v) is 5.72. The summed E-state index contributed by atoms with van der Waals surface area (Å²) in [5, 5.41) is 1.69. The third-order valence-electron chi connectivity index (χ3n) is 3.56. The van der Waals surface area contributed by atoms with Crippen molar-refractivity contribution < 1.29 is 13.0 Å². The van der Waals surface area contributed by atoms with E-state index in [-0.39, 0.29) is 5.75 Å². The van der Waals surface area contributed by atoms with Crippen LogP contribution in [0, 0.1) is 0 Å². The van der Waals surface area contributed by atoms with E-state index in [4.69, 9.17) is 16.2 Å². The molecule has 0 saturated carbocycles. The zero-order valence-corrected chi connectivity index (χ0v) is 15.5. The van der Waals surface area contributed by atoms with E-state index >= 15 is 0 Å². The number of benzene rings is 1. The molecule has 23 heavy (non-hydrogen) atoms. The van der Waals surface area contributed by atoms with E-state index in [1.165, 1.54) is 5.57 Å². The Labute approximate surface area is 147 Å². The Morgan fingerprint density at radius 3 is 2.78 bits per heavy atom. The second-order valence-electron chi connectivity index (χ2n) is 5.21. The van der Waals surface area contributed by atoms with Crippen LogP contribution in [0.4, 0.5) is 5.69 Å². The Morgan fingerprint density at radius 1 is 1.43 bits per heavy atom. The number of hydrogen-bond acceptors (Lipinski definition) is 4. The Hall–Kier alpha value is -0.950. The van der Waals surface area contributed by atoms with Gasteiger partial charge in [-0.3, -0.25) is 4.55 Å². The van der Waals surface area contributed by atoms with E-state index in [9.17, 15) is 8.42 Å². The van der Waals surface area contributed by atoms with Crippen LogP contribution in [0.15, 0.2) is 45.8 Å². The van der Waals surface area contributed by atoms with Gasteiger partial charge < -0.3 is 4.90 Å². The number of hydrogen-bond donors (Lipinski definition) is 1. The number of halogens is 1. The molecule has 0 aliphatic carbocycles. The first-order valence-electron chi connectivity index (χ1n) is 7.41. The fraction of sp³-hybridized carbons (Fsp3) is 0.375. The maximum Gasteiger partial charge on any atom is 0.264 e. The molecule has 0 radical (unpaired) electrons. The Kier molecular flexibility index (Phi) is 6.19. The number of fused-ring (bicyclic) bond motifs is 1. The van der Waals surface area contributed by atoms with Gasteiger partial charge in [0.05, 0.1) is 16.5 Å². The number of thioether (sulfide) groups is 1. The fourth-order valence-corrected chi connectivity index (χ4v) is 4.17. The quantitative estimate of drug-likeness (QED) is 0.730. The summed E-state index contributed by atoms with van der Waals surface area (Å²) in [4.78, 5) is 3.16. The second kappa shape index (κ2) is 7.75. The molecular formula is C16H20ClNO3S2. The Balaban J connectivity index is 2.29. The van der Waals surface area contributed by atoms with Crippen molar-refractivity contribution in [1.82, 2.24) is 0 Å². The molecule has 1 heterocycles.